The minimum absolute atomic E-state index is 0.284. The number of cyclic esters (lactones) is 1. The number of rotatable bonds is 20. The van der Waals surface area contributed by atoms with Gasteiger partial charge in [0, 0.05) is 25.2 Å². The van der Waals surface area contributed by atoms with Crippen LogP contribution in [0.15, 0.2) is 11.6 Å². The molecule has 0 aromatic heterocycles. The number of carbonyl (C=O) groups is 2. The Morgan fingerprint density at radius 3 is 1.89 bits per heavy atom. The van der Waals surface area contributed by atoms with E-state index in [0.717, 1.165) is 44.0 Å². The fraction of sp³-hybridized carbons (Fsp3) is 0.867. The van der Waals surface area contributed by atoms with Crippen LogP contribution in [0.3, 0.4) is 0 Å². The SMILES string of the molecule is CC[Si](CC)(CC)OC1OC(=O)C=C1C(CCCCCCCCCCCO[Si](C)(C)C(C)(C)C)OC(C)=O. The van der Waals surface area contributed by atoms with Gasteiger partial charge in [-0.25, -0.2) is 4.79 Å². The lowest BCUT2D eigenvalue weighted by molar-refractivity contribution is -0.152. The zero-order valence-corrected chi connectivity index (χ0v) is 28.1. The summed E-state index contributed by atoms with van der Waals surface area (Å²) in [7, 11) is -3.60. The first-order valence-corrected chi connectivity index (χ1v) is 20.7. The van der Waals surface area contributed by atoms with Gasteiger partial charge in [-0.3, -0.25) is 4.79 Å². The highest BCUT2D eigenvalue weighted by molar-refractivity contribution is 6.74. The van der Waals surface area contributed by atoms with E-state index in [1.54, 1.807) is 0 Å². The first-order valence-electron chi connectivity index (χ1n) is 15.2. The average Bonchev–Trinajstić information content (AvgIpc) is 3.21. The Labute approximate surface area is 235 Å². The summed E-state index contributed by atoms with van der Waals surface area (Å²) < 4.78 is 23.9. The predicted octanol–water partition coefficient (Wildman–Crippen LogP) is 8.67. The molecule has 0 aromatic rings. The Morgan fingerprint density at radius 2 is 1.42 bits per heavy atom. The molecule has 38 heavy (non-hydrogen) atoms. The number of carbonyl (C=O) groups excluding carboxylic acids is 2. The summed E-state index contributed by atoms with van der Waals surface area (Å²) in [5.41, 5.74) is 0.676. The fourth-order valence-electron chi connectivity index (χ4n) is 4.68. The van der Waals surface area contributed by atoms with E-state index in [9.17, 15) is 9.59 Å². The second-order valence-corrected chi connectivity index (χ2v) is 22.0. The summed E-state index contributed by atoms with van der Waals surface area (Å²) >= 11 is 0. The lowest BCUT2D eigenvalue weighted by Crippen LogP contribution is -2.42. The second-order valence-electron chi connectivity index (χ2n) is 12.5. The van der Waals surface area contributed by atoms with E-state index in [0.29, 0.717) is 12.0 Å². The molecule has 8 heteroatoms. The van der Waals surface area contributed by atoms with E-state index in [1.165, 1.54) is 51.5 Å². The highest BCUT2D eigenvalue weighted by Gasteiger charge is 2.40. The molecular formula is C30H58O6Si2. The molecule has 0 radical (unpaired) electrons. The zero-order valence-electron chi connectivity index (χ0n) is 26.1. The molecule has 0 spiro atoms. The van der Waals surface area contributed by atoms with E-state index in [-0.39, 0.29) is 11.0 Å². The molecule has 0 amide bonds. The van der Waals surface area contributed by atoms with E-state index < -0.39 is 35.0 Å². The number of esters is 2. The van der Waals surface area contributed by atoms with Gasteiger partial charge < -0.3 is 18.3 Å². The van der Waals surface area contributed by atoms with Gasteiger partial charge in [0.1, 0.15) is 6.10 Å². The van der Waals surface area contributed by atoms with Crippen molar-refractivity contribution in [3.8, 4) is 0 Å². The van der Waals surface area contributed by atoms with Gasteiger partial charge in [0.25, 0.3) is 0 Å². The molecule has 0 aromatic carbocycles. The molecule has 1 heterocycles. The minimum Gasteiger partial charge on any atom is -0.458 e. The number of hydrogen-bond acceptors (Lipinski definition) is 6. The molecule has 0 saturated carbocycles. The van der Waals surface area contributed by atoms with Gasteiger partial charge in [-0.05, 0) is 55.5 Å². The molecular weight excluding hydrogens is 512 g/mol. The van der Waals surface area contributed by atoms with Gasteiger partial charge in [0.2, 0.25) is 6.29 Å². The normalized spacial score (nSPS) is 17.3. The smallest absolute Gasteiger partial charge is 0.333 e. The maximum atomic E-state index is 12.1. The van der Waals surface area contributed by atoms with Crippen molar-refractivity contribution in [3.63, 3.8) is 0 Å². The van der Waals surface area contributed by atoms with Crippen LogP contribution in [0.2, 0.25) is 36.3 Å². The Hall–Kier alpha value is -0.966. The van der Waals surface area contributed by atoms with Crippen LogP contribution in [0.25, 0.3) is 0 Å². The molecule has 1 aliphatic heterocycles. The molecule has 0 N–H and O–H groups in total. The Bertz CT molecular complexity index is 731. The first kappa shape index (κ1) is 35.1. The lowest BCUT2D eigenvalue weighted by Gasteiger charge is -2.36. The quantitative estimate of drug-likeness (QED) is 0.0828. The summed E-state index contributed by atoms with van der Waals surface area (Å²) in [5, 5.41) is 0.284. The van der Waals surface area contributed by atoms with Crippen LogP contribution in [0, 0.1) is 0 Å². The molecule has 0 fully saturated rings. The van der Waals surface area contributed by atoms with Gasteiger partial charge >= 0.3 is 11.9 Å². The van der Waals surface area contributed by atoms with Crippen LogP contribution in [0.4, 0.5) is 0 Å². The van der Waals surface area contributed by atoms with E-state index >= 15 is 0 Å². The summed E-state index contributed by atoms with van der Waals surface area (Å²) in [4.78, 5) is 24.0. The van der Waals surface area contributed by atoms with E-state index in [2.05, 4.69) is 54.6 Å². The number of unbranched alkanes of at least 4 members (excludes halogenated alkanes) is 8. The number of hydrogen-bond donors (Lipinski definition) is 0. The van der Waals surface area contributed by atoms with Crippen LogP contribution in [0.1, 0.15) is 113 Å². The van der Waals surface area contributed by atoms with Crippen molar-refractivity contribution in [1.29, 1.82) is 0 Å². The van der Waals surface area contributed by atoms with Crippen LogP contribution < -0.4 is 0 Å². The van der Waals surface area contributed by atoms with Crippen LogP contribution in [0.5, 0.6) is 0 Å². The molecule has 222 valence electrons. The minimum atomic E-state index is -1.99. The van der Waals surface area contributed by atoms with Crippen LogP contribution in [-0.2, 0) is 27.9 Å². The average molecular weight is 571 g/mol. The third kappa shape index (κ3) is 12.0. The van der Waals surface area contributed by atoms with Crippen LogP contribution >= 0.6 is 0 Å². The lowest BCUT2D eigenvalue weighted by atomic mass is 10.0. The fourth-order valence-corrected chi connectivity index (χ4v) is 8.41. The third-order valence-corrected chi connectivity index (χ3v) is 17.7. The van der Waals surface area contributed by atoms with Gasteiger partial charge in [-0.2, -0.15) is 0 Å². The monoisotopic (exact) mass is 570 g/mol. The molecule has 0 saturated heterocycles. The summed E-state index contributed by atoms with van der Waals surface area (Å²) in [6.45, 7) is 20.3. The summed E-state index contributed by atoms with van der Waals surface area (Å²) in [6.07, 6.45) is 11.6. The summed E-state index contributed by atoms with van der Waals surface area (Å²) in [5.74, 6) is -0.742. The maximum absolute atomic E-state index is 12.1. The topological polar surface area (TPSA) is 71.1 Å². The van der Waals surface area contributed by atoms with Gasteiger partial charge in [0.05, 0.1) is 0 Å². The largest absolute Gasteiger partial charge is 0.458 e. The maximum Gasteiger partial charge on any atom is 0.333 e. The van der Waals surface area contributed by atoms with Crippen molar-refractivity contribution < 1.29 is 27.9 Å². The van der Waals surface area contributed by atoms with Crippen molar-refractivity contribution in [2.45, 2.75) is 161 Å². The Kier molecular flexibility index (Phi) is 15.7. The molecule has 2 unspecified atom stereocenters. The van der Waals surface area contributed by atoms with Crippen molar-refractivity contribution >= 4 is 28.6 Å². The highest BCUT2D eigenvalue weighted by Crippen LogP contribution is 2.36. The van der Waals surface area contributed by atoms with Crippen molar-refractivity contribution in [2.24, 2.45) is 0 Å². The van der Waals surface area contributed by atoms with Crippen molar-refractivity contribution in [1.82, 2.24) is 0 Å². The molecule has 1 aliphatic rings. The predicted molar refractivity (Wildman–Crippen MR) is 161 cm³/mol. The van der Waals surface area contributed by atoms with Crippen molar-refractivity contribution in [2.75, 3.05) is 6.61 Å². The van der Waals surface area contributed by atoms with Crippen molar-refractivity contribution in [3.05, 3.63) is 11.6 Å². The Morgan fingerprint density at radius 1 is 0.921 bits per heavy atom. The number of ether oxygens (including phenoxy) is 2. The van der Waals surface area contributed by atoms with Gasteiger partial charge in [0.15, 0.2) is 16.6 Å². The molecule has 2 atom stereocenters. The molecule has 6 nitrogen and oxygen atoms in total. The van der Waals surface area contributed by atoms with Gasteiger partial charge in [-0.15, -0.1) is 0 Å². The standard InChI is InChI=1S/C30H58O6Si2/c1-10-38(11-2,12-3)36-29-26(24-28(32)35-29)27(34-25(4)31)22-20-18-16-14-13-15-17-19-21-23-33-37(8,9)30(5,6)7/h24,27,29H,10-23H2,1-9H3. The molecule has 0 aliphatic carbocycles. The first-order chi connectivity index (χ1) is 17.8. The molecule has 0 bridgehead atoms. The van der Waals surface area contributed by atoms with Gasteiger partial charge in [-0.1, -0.05) is 86.5 Å². The summed E-state index contributed by atoms with van der Waals surface area (Å²) in [6, 6.07) is 2.89. The molecule has 1 rings (SSSR count). The zero-order chi connectivity index (χ0) is 28.8. The third-order valence-electron chi connectivity index (χ3n) is 8.63. The van der Waals surface area contributed by atoms with E-state index in [4.69, 9.17) is 18.3 Å². The Balaban J connectivity index is 2.35. The van der Waals surface area contributed by atoms with Crippen LogP contribution in [-0.4, -0.2) is 47.6 Å². The second kappa shape index (κ2) is 17.0. The highest BCUT2D eigenvalue weighted by atomic mass is 28.4. The van der Waals surface area contributed by atoms with E-state index in [1.807, 2.05) is 0 Å².